The van der Waals surface area contributed by atoms with Crippen molar-refractivity contribution >= 4 is 11.8 Å². The number of amides is 2. The van der Waals surface area contributed by atoms with Gasteiger partial charge in [0.25, 0.3) is 0 Å². The SMILES string of the molecule is CNC(=O)[C@@H](NC(=O)C(C)(C)C)C(C)C. The maximum atomic E-state index is 11.7. The van der Waals surface area contributed by atoms with E-state index >= 15 is 0 Å². The molecule has 2 amide bonds. The zero-order valence-electron chi connectivity index (χ0n) is 10.5. The van der Waals surface area contributed by atoms with Crippen molar-refractivity contribution in [1.82, 2.24) is 10.6 Å². The molecule has 0 radical (unpaired) electrons. The highest BCUT2D eigenvalue weighted by Gasteiger charge is 2.28. The van der Waals surface area contributed by atoms with E-state index in [1.54, 1.807) is 7.05 Å². The Morgan fingerprint density at radius 2 is 1.60 bits per heavy atom. The van der Waals surface area contributed by atoms with Gasteiger partial charge in [-0.1, -0.05) is 34.6 Å². The van der Waals surface area contributed by atoms with Crippen molar-refractivity contribution in [3.8, 4) is 0 Å². The second kappa shape index (κ2) is 5.14. The standard InChI is InChI=1S/C11H22N2O2/c1-7(2)8(9(14)12-6)13-10(15)11(3,4)5/h7-8H,1-6H3,(H,12,14)(H,13,15)/t8-/m0/s1. The number of carbonyl (C=O) groups is 2. The minimum atomic E-state index is -0.471. The Bertz CT molecular complexity index is 241. The molecule has 0 rings (SSSR count). The van der Waals surface area contributed by atoms with Gasteiger partial charge in [-0.3, -0.25) is 9.59 Å². The van der Waals surface area contributed by atoms with E-state index in [4.69, 9.17) is 0 Å². The minimum absolute atomic E-state index is 0.0799. The fraction of sp³-hybridized carbons (Fsp3) is 0.818. The molecule has 0 spiro atoms. The van der Waals surface area contributed by atoms with Crippen LogP contribution in [0.2, 0.25) is 0 Å². The summed E-state index contributed by atoms with van der Waals surface area (Å²) in [5, 5.41) is 5.31. The summed E-state index contributed by atoms with van der Waals surface area (Å²) in [5.41, 5.74) is -0.471. The van der Waals surface area contributed by atoms with Crippen molar-refractivity contribution in [1.29, 1.82) is 0 Å². The molecule has 0 fully saturated rings. The zero-order valence-corrected chi connectivity index (χ0v) is 10.5. The number of carbonyl (C=O) groups excluding carboxylic acids is 2. The van der Waals surface area contributed by atoms with Crippen molar-refractivity contribution in [3.63, 3.8) is 0 Å². The summed E-state index contributed by atoms with van der Waals surface area (Å²) in [6.45, 7) is 9.28. The van der Waals surface area contributed by atoms with Crippen molar-refractivity contribution in [2.45, 2.75) is 40.7 Å². The average Bonchev–Trinajstić information content (AvgIpc) is 2.10. The Hall–Kier alpha value is -1.06. The van der Waals surface area contributed by atoms with Gasteiger partial charge in [0.15, 0.2) is 0 Å². The monoisotopic (exact) mass is 214 g/mol. The normalized spacial score (nSPS) is 13.5. The van der Waals surface area contributed by atoms with E-state index in [1.165, 1.54) is 0 Å². The minimum Gasteiger partial charge on any atom is -0.357 e. The molecule has 0 unspecified atom stereocenters. The van der Waals surface area contributed by atoms with E-state index in [0.29, 0.717) is 0 Å². The fourth-order valence-corrected chi connectivity index (χ4v) is 1.05. The molecular formula is C11H22N2O2. The molecule has 0 aromatic heterocycles. The molecule has 0 bridgehead atoms. The summed E-state index contributed by atoms with van der Waals surface area (Å²) < 4.78 is 0. The summed E-state index contributed by atoms with van der Waals surface area (Å²) in [6.07, 6.45) is 0. The highest BCUT2D eigenvalue weighted by molar-refractivity contribution is 5.89. The first-order valence-electron chi connectivity index (χ1n) is 5.22. The molecule has 0 aliphatic heterocycles. The van der Waals surface area contributed by atoms with Gasteiger partial charge in [0.1, 0.15) is 6.04 Å². The van der Waals surface area contributed by atoms with Gasteiger partial charge in [0.05, 0.1) is 0 Å². The number of hydrogen-bond acceptors (Lipinski definition) is 2. The smallest absolute Gasteiger partial charge is 0.242 e. The third-order valence-electron chi connectivity index (χ3n) is 2.16. The Labute approximate surface area is 91.8 Å². The highest BCUT2D eigenvalue weighted by atomic mass is 16.2. The molecule has 0 aromatic rings. The largest absolute Gasteiger partial charge is 0.357 e. The van der Waals surface area contributed by atoms with Crippen molar-refractivity contribution < 1.29 is 9.59 Å². The molecule has 4 nitrogen and oxygen atoms in total. The van der Waals surface area contributed by atoms with Crippen LogP contribution in [0.25, 0.3) is 0 Å². The molecule has 15 heavy (non-hydrogen) atoms. The molecule has 2 N–H and O–H groups in total. The van der Waals surface area contributed by atoms with Crippen molar-refractivity contribution in [3.05, 3.63) is 0 Å². The van der Waals surface area contributed by atoms with Gasteiger partial charge in [-0.2, -0.15) is 0 Å². The van der Waals surface area contributed by atoms with Gasteiger partial charge in [-0.25, -0.2) is 0 Å². The Morgan fingerprint density at radius 3 is 1.87 bits per heavy atom. The average molecular weight is 214 g/mol. The quantitative estimate of drug-likeness (QED) is 0.734. The second-order valence-corrected chi connectivity index (χ2v) is 5.06. The molecule has 88 valence electrons. The van der Waals surface area contributed by atoms with Crippen LogP contribution in [0.3, 0.4) is 0 Å². The highest BCUT2D eigenvalue weighted by Crippen LogP contribution is 2.14. The third kappa shape index (κ3) is 4.32. The van der Waals surface area contributed by atoms with E-state index in [1.807, 2.05) is 34.6 Å². The lowest BCUT2D eigenvalue weighted by atomic mass is 9.94. The lowest BCUT2D eigenvalue weighted by Crippen LogP contribution is -2.51. The Kier molecular flexibility index (Phi) is 4.78. The van der Waals surface area contributed by atoms with E-state index in [0.717, 1.165) is 0 Å². The van der Waals surface area contributed by atoms with Gasteiger partial charge in [-0.05, 0) is 5.92 Å². The van der Waals surface area contributed by atoms with Crippen LogP contribution in [0.15, 0.2) is 0 Å². The van der Waals surface area contributed by atoms with E-state index < -0.39 is 11.5 Å². The van der Waals surface area contributed by atoms with Crippen molar-refractivity contribution in [2.75, 3.05) is 7.05 Å². The molecule has 0 aliphatic carbocycles. The molecule has 0 heterocycles. The van der Waals surface area contributed by atoms with E-state index in [2.05, 4.69) is 10.6 Å². The van der Waals surface area contributed by atoms with Crippen molar-refractivity contribution in [2.24, 2.45) is 11.3 Å². The van der Waals surface area contributed by atoms with Gasteiger partial charge >= 0.3 is 0 Å². The number of nitrogens with one attached hydrogen (secondary N) is 2. The first-order valence-corrected chi connectivity index (χ1v) is 5.22. The van der Waals surface area contributed by atoms with Crippen LogP contribution in [-0.2, 0) is 9.59 Å². The number of rotatable bonds is 3. The molecule has 0 aromatic carbocycles. The maximum absolute atomic E-state index is 11.7. The molecule has 0 saturated heterocycles. The van der Waals surface area contributed by atoms with Crippen LogP contribution in [0.4, 0.5) is 0 Å². The molecule has 0 aliphatic rings. The number of likely N-dealkylation sites (N-methyl/N-ethyl adjacent to an activating group) is 1. The van der Waals surface area contributed by atoms with Crippen LogP contribution in [0, 0.1) is 11.3 Å². The summed E-state index contributed by atoms with van der Waals surface area (Å²) in [5.74, 6) is -0.177. The van der Waals surface area contributed by atoms with Crippen LogP contribution in [-0.4, -0.2) is 24.9 Å². The predicted octanol–water partition coefficient (Wildman–Crippen LogP) is 0.919. The van der Waals surface area contributed by atoms with Crippen LogP contribution >= 0.6 is 0 Å². The molecule has 0 saturated carbocycles. The Balaban J connectivity index is 4.57. The van der Waals surface area contributed by atoms with Gasteiger partial charge in [0.2, 0.25) is 11.8 Å². The predicted molar refractivity (Wildman–Crippen MR) is 60.3 cm³/mol. The summed E-state index contributed by atoms with van der Waals surface area (Å²) in [4.78, 5) is 23.2. The summed E-state index contributed by atoms with van der Waals surface area (Å²) in [7, 11) is 1.57. The molecule has 4 heteroatoms. The van der Waals surface area contributed by atoms with Gasteiger partial charge in [0, 0.05) is 12.5 Å². The fourth-order valence-electron chi connectivity index (χ4n) is 1.05. The lowest BCUT2D eigenvalue weighted by Gasteiger charge is -2.25. The summed E-state index contributed by atoms with van der Waals surface area (Å²) >= 11 is 0. The van der Waals surface area contributed by atoms with Crippen LogP contribution in [0.5, 0.6) is 0 Å². The second-order valence-electron chi connectivity index (χ2n) is 5.06. The van der Waals surface area contributed by atoms with Crippen LogP contribution < -0.4 is 10.6 Å². The molecule has 1 atom stereocenters. The third-order valence-corrected chi connectivity index (χ3v) is 2.16. The van der Waals surface area contributed by atoms with E-state index in [-0.39, 0.29) is 17.7 Å². The topological polar surface area (TPSA) is 58.2 Å². The maximum Gasteiger partial charge on any atom is 0.242 e. The van der Waals surface area contributed by atoms with Gasteiger partial charge in [-0.15, -0.1) is 0 Å². The molecular weight excluding hydrogens is 192 g/mol. The lowest BCUT2D eigenvalue weighted by molar-refractivity contribution is -0.134. The number of hydrogen-bond donors (Lipinski definition) is 2. The first-order chi connectivity index (χ1) is 6.70. The summed E-state index contributed by atoms with van der Waals surface area (Å²) in [6, 6.07) is -0.457. The van der Waals surface area contributed by atoms with E-state index in [9.17, 15) is 9.59 Å². The van der Waals surface area contributed by atoms with Crippen LogP contribution in [0.1, 0.15) is 34.6 Å². The zero-order chi connectivity index (χ0) is 12.2. The van der Waals surface area contributed by atoms with Gasteiger partial charge < -0.3 is 10.6 Å². The Morgan fingerprint density at radius 1 is 1.13 bits per heavy atom. The first kappa shape index (κ1) is 13.9.